The van der Waals surface area contributed by atoms with Gasteiger partial charge >= 0.3 is 5.97 Å². The third kappa shape index (κ3) is 2.22. The van der Waals surface area contributed by atoms with Crippen LogP contribution in [-0.4, -0.2) is 35.3 Å². The minimum Gasteiger partial charge on any atom is -0.454 e. The molecule has 0 radical (unpaired) electrons. The Morgan fingerprint density at radius 2 is 1.96 bits per heavy atom. The summed E-state index contributed by atoms with van der Waals surface area (Å²) in [7, 11) is 0. The number of ketones is 2. The number of carbonyl (C=O) groups is 3. The Labute approximate surface area is 134 Å². The molecule has 120 valence electrons. The Bertz CT molecular complexity index is 711. The number of fused-ring (bicyclic) bond motifs is 1. The van der Waals surface area contributed by atoms with Crippen LogP contribution in [0.5, 0.6) is 0 Å². The van der Waals surface area contributed by atoms with Gasteiger partial charge in [0.25, 0.3) is 0 Å². The molecule has 0 saturated carbocycles. The quantitative estimate of drug-likeness (QED) is 0.296. The van der Waals surface area contributed by atoms with Gasteiger partial charge in [0.05, 0.1) is 18.1 Å². The van der Waals surface area contributed by atoms with Crippen LogP contribution in [0.3, 0.4) is 0 Å². The predicted molar refractivity (Wildman–Crippen MR) is 80.5 cm³/mol. The maximum absolute atomic E-state index is 12.5. The summed E-state index contributed by atoms with van der Waals surface area (Å²) in [5.41, 5.74) is 1.09. The molecule has 3 unspecified atom stereocenters. The van der Waals surface area contributed by atoms with Crippen molar-refractivity contribution in [3.8, 4) is 0 Å². The molecule has 3 atom stereocenters. The molecule has 0 aromatic rings. The lowest BCUT2D eigenvalue weighted by molar-refractivity contribution is -0.140. The Kier molecular flexibility index (Phi) is 3.17. The highest BCUT2D eigenvalue weighted by Gasteiger charge is 2.69. The standard InChI is InChI=1S/C18H18O5/c1-10-4-2-3-5-14-18(23-14)9-15(21)22-17(18)16-11(8-10)12(19)6-7-13(16)20/h4,6-7,14,17H,2-3,5,8-9H2,1H3. The molecule has 23 heavy (non-hydrogen) atoms. The zero-order chi connectivity index (χ0) is 16.2. The van der Waals surface area contributed by atoms with E-state index >= 15 is 0 Å². The van der Waals surface area contributed by atoms with Crippen molar-refractivity contribution in [3.63, 3.8) is 0 Å². The minimum atomic E-state index is -0.748. The molecule has 0 amide bonds. The van der Waals surface area contributed by atoms with Gasteiger partial charge in [-0.25, -0.2) is 0 Å². The summed E-state index contributed by atoms with van der Waals surface area (Å²) >= 11 is 0. The third-order valence-corrected chi connectivity index (χ3v) is 5.12. The second kappa shape index (κ2) is 4.99. The highest BCUT2D eigenvalue weighted by atomic mass is 16.7. The molecule has 2 fully saturated rings. The van der Waals surface area contributed by atoms with E-state index < -0.39 is 11.7 Å². The number of epoxide rings is 1. The summed E-state index contributed by atoms with van der Waals surface area (Å²) < 4.78 is 11.3. The van der Waals surface area contributed by atoms with Crippen LogP contribution < -0.4 is 0 Å². The van der Waals surface area contributed by atoms with Crippen LogP contribution >= 0.6 is 0 Å². The van der Waals surface area contributed by atoms with Crippen LogP contribution in [0.4, 0.5) is 0 Å². The van der Waals surface area contributed by atoms with Gasteiger partial charge in [-0.05, 0) is 44.8 Å². The van der Waals surface area contributed by atoms with Gasteiger partial charge in [-0.3, -0.25) is 14.4 Å². The van der Waals surface area contributed by atoms with E-state index in [1.54, 1.807) is 0 Å². The molecule has 4 aliphatic rings. The molecule has 5 heteroatoms. The molecular formula is C18H18O5. The van der Waals surface area contributed by atoms with Gasteiger partial charge < -0.3 is 9.47 Å². The minimum absolute atomic E-state index is 0.0756. The van der Waals surface area contributed by atoms with E-state index in [0.717, 1.165) is 24.8 Å². The Morgan fingerprint density at radius 1 is 1.17 bits per heavy atom. The second-order valence-electron chi connectivity index (χ2n) is 6.72. The lowest BCUT2D eigenvalue weighted by Crippen LogP contribution is -2.35. The van der Waals surface area contributed by atoms with Crippen molar-refractivity contribution in [2.45, 2.75) is 56.8 Å². The zero-order valence-corrected chi connectivity index (χ0v) is 13.0. The van der Waals surface area contributed by atoms with Gasteiger partial charge in [0.15, 0.2) is 17.7 Å². The molecule has 5 nitrogen and oxygen atoms in total. The summed E-state index contributed by atoms with van der Waals surface area (Å²) in [6, 6.07) is 0. The van der Waals surface area contributed by atoms with Crippen LogP contribution in [0.2, 0.25) is 0 Å². The summed E-state index contributed by atoms with van der Waals surface area (Å²) in [5.74, 6) is -0.787. The van der Waals surface area contributed by atoms with Crippen molar-refractivity contribution in [2.24, 2.45) is 0 Å². The zero-order valence-electron chi connectivity index (χ0n) is 13.0. The lowest BCUT2D eigenvalue weighted by Gasteiger charge is -2.22. The van der Waals surface area contributed by atoms with E-state index in [-0.39, 0.29) is 30.1 Å². The van der Waals surface area contributed by atoms with E-state index in [9.17, 15) is 14.4 Å². The van der Waals surface area contributed by atoms with Gasteiger partial charge in [-0.2, -0.15) is 0 Å². The summed E-state index contributed by atoms with van der Waals surface area (Å²) in [6.07, 6.45) is 7.14. The van der Waals surface area contributed by atoms with Crippen molar-refractivity contribution < 1.29 is 23.9 Å². The summed E-state index contributed by atoms with van der Waals surface area (Å²) in [6.45, 7) is 1.96. The van der Waals surface area contributed by atoms with Gasteiger partial charge in [0.2, 0.25) is 0 Å². The largest absolute Gasteiger partial charge is 0.454 e. The van der Waals surface area contributed by atoms with E-state index in [2.05, 4.69) is 6.08 Å². The van der Waals surface area contributed by atoms with Gasteiger partial charge in [0, 0.05) is 5.57 Å². The molecule has 1 spiro atoms. The van der Waals surface area contributed by atoms with Crippen molar-refractivity contribution in [1.29, 1.82) is 0 Å². The van der Waals surface area contributed by atoms with E-state index in [0.29, 0.717) is 17.6 Å². The molecule has 2 saturated heterocycles. The first kappa shape index (κ1) is 14.6. The van der Waals surface area contributed by atoms with Gasteiger partial charge in [-0.15, -0.1) is 0 Å². The van der Waals surface area contributed by atoms with Crippen molar-refractivity contribution in [1.82, 2.24) is 0 Å². The smallest absolute Gasteiger partial charge is 0.309 e. The first-order valence-electron chi connectivity index (χ1n) is 8.04. The first-order valence-corrected chi connectivity index (χ1v) is 8.04. The molecule has 4 rings (SSSR count). The van der Waals surface area contributed by atoms with Crippen LogP contribution in [0.1, 0.15) is 39.0 Å². The van der Waals surface area contributed by atoms with Crippen molar-refractivity contribution >= 4 is 17.5 Å². The Morgan fingerprint density at radius 3 is 2.78 bits per heavy atom. The number of hydrogen-bond donors (Lipinski definition) is 0. The molecule has 2 heterocycles. The lowest BCUT2D eigenvalue weighted by atomic mass is 9.81. The van der Waals surface area contributed by atoms with Crippen LogP contribution in [-0.2, 0) is 23.9 Å². The SMILES string of the molecule is CC1=CCCCC2OC23CC(=O)OC3C2=C(C1)C(=O)C=CC2=O. The monoisotopic (exact) mass is 314 g/mol. The van der Waals surface area contributed by atoms with E-state index in [1.165, 1.54) is 12.2 Å². The predicted octanol–water partition coefficient (Wildman–Crippen LogP) is 1.96. The maximum atomic E-state index is 12.5. The number of allylic oxidation sites excluding steroid dienone is 5. The Hall–Kier alpha value is -2.01. The number of esters is 1. The number of hydrogen-bond acceptors (Lipinski definition) is 5. The average Bonchev–Trinajstić information content (AvgIpc) is 3.08. The normalized spacial score (nSPS) is 36.6. The molecule has 2 aliphatic carbocycles. The van der Waals surface area contributed by atoms with Gasteiger partial charge in [-0.1, -0.05) is 11.6 Å². The molecular weight excluding hydrogens is 296 g/mol. The summed E-state index contributed by atoms with van der Waals surface area (Å²) in [4.78, 5) is 36.7. The first-order chi connectivity index (χ1) is 11.0. The number of rotatable bonds is 0. The summed E-state index contributed by atoms with van der Waals surface area (Å²) in [5, 5.41) is 0. The average molecular weight is 314 g/mol. The molecule has 2 aliphatic heterocycles. The van der Waals surface area contributed by atoms with Crippen LogP contribution in [0, 0.1) is 0 Å². The van der Waals surface area contributed by atoms with Gasteiger partial charge in [0.1, 0.15) is 5.60 Å². The van der Waals surface area contributed by atoms with E-state index in [1.807, 2.05) is 6.92 Å². The van der Waals surface area contributed by atoms with Crippen molar-refractivity contribution in [3.05, 3.63) is 34.9 Å². The maximum Gasteiger partial charge on any atom is 0.309 e. The number of ether oxygens (including phenoxy) is 2. The fraction of sp³-hybridized carbons (Fsp3) is 0.500. The van der Waals surface area contributed by atoms with Crippen molar-refractivity contribution in [2.75, 3.05) is 0 Å². The topological polar surface area (TPSA) is 73.0 Å². The molecule has 0 aromatic carbocycles. The Balaban J connectivity index is 1.84. The third-order valence-electron chi connectivity index (χ3n) is 5.12. The number of carbonyl (C=O) groups excluding carboxylic acids is 3. The molecule has 0 aromatic heterocycles. The fourth-order valence-corrected chi connectivity index (χ4v) is 3.91. The fourth-order valence-electron chi connectivity index (χ4n) is 3.91. The van der Waals surface area contributed by atoms with Crippen LogP contribution in [0.15, 0.2) is 34.9 Å². The van der Waals surface area contributed by atoms with E-state index in [4.69, 9.17) is 9.47 Å². The van der Waals surface area contributed by atoms with Crippen LogP contribution in [0.25, 0.3) is 0 Å². The molecule has 0 N–H and O–H groups in total. The highest BCUT2D eigenvalue weighted by Crippen LogP contribution is 2.53. The molecule has 0 bridgehead atoms. The highest BCUT2D eigenvalue weighted by molar-refractivity contribution is 6.21. The second-order valence-corrected chi connectivity index (χ2v) is 6.72.